The third kappa shape index (κ3) is 5.21. The summed E-state index contributed by atoms with van der Waals surface area (Å²) in [6.45, 7) is 3.19. The molecule has 7 nitrogen and oxygen atoms in total. The summed E-state index contributed by atoms with van der Waals surface area (Å²) in [5.74, 6) is -1.25. The topological polar surface area (TPSA) is 110 Å². The summed E-state index contributed by atoms with van der Waals surface area (Å²) in [4.78, 5) is 32.5. The van der Waals surface area contributed by atoms with Crippen LogP contribution < -0.4 is 5.32 Å². The molecule has 0 aliphatic carbocycles. The van der Waals surface area contributed by atoms with Gasteiger partial charge in [-0.25, -0.2) is 0 Å². The summed E-state index contributed by atoms with van der Waals surface area (Å²) in [6, 6.07) is 6.44. The quantitative estimate of drug-likeness (QED) is 0.432. The fraction of sp³-hybridized carbons (Fsp3) is 0.429. The average Bonchev–Trinajstić information content (AvgIpc) is 2.43. The second-order valence-electron chi connectivity index (χ2n) is 5.32. The molecule has 0 bridgehead atoms. The number of rotatable bonds is 8. The van der Waals surface area contributed by atoms with Gasteiger partial charge < -0.3 is 10.4 Å². The summed E-state index contributed by atoms with van der Waals surface area (Å²) < 4.78 is 0. The van der Waals surface area contributed by atoms with Crippen molar-refractivity contribution in [1.29, 1.82) is 0 Å². The number of carboxylic acid groups (broad SMARTS) is 1. The van der Waals surface area contributed by atoms with Crippen LogP contribution in [0.15, 0.2) is 24.3 Å². The SMILES string of the molecule is CC(C)(CNc1ccc(C(=O)CCC(=O)O)cc1)[N+](=O)[O-]. The Morgan fingerprint density at radius 2 is 1.81 bits per heavy atom. The van der Waals surface area contributed by atoms with Crippen molar-refractivity contribution in [1.82, 2.24) is 0 Å². The molecule has 0 unspecified atom stereocenters. The van der Waals surface area contributed by atoms with Gasteiger partial charge in [0.05, 0.1) is 13.0 Å². The van der Waals surface area contributed by atoms with E-state index in [-0.39, 0.29) is 30.1 Å². The number of Topliss-reactive ketones (excluding diaryl/α,β-unsaturated/α-hetero) is 1. The molecular formula is C14H18N2O5. The van der Waals surface area contributed by atoms with Gasteiger partial charge in [-0.3, -0.25) is 19.7 Å². The second-order valence-corrected chi connectivity index (χ2v) is 5.32. The first-order valence-corrected chi connectivity index (χ1v) is 6.46. The summed E-state index contributed by atoms with van der Waals surface area (Å²) >= 11 is 0. The third-order valence-electron chi connectivity index (χ3n) is 2.99. The van der Waals surface area contributed by atoms with E-state index < -0.39 is 11.5 Å². The molecule has 0 heterocycles. The maximum Gasteiger partial charge on any atom is 0.303 e. The fourth-order valence-electron chi connectivity index (χ4n) is 1.52. The number of nitrogens with one attached hydrogen (secondary N) is 1. The Morgan fingerprint density at radius 3 is 2.29 bits per heavy atom. The molecule has 7 heteroatoms. The molecule has 1 rings (SSSR count). The average molecular weight is 294 g/mol. The molecule has 1 aromatic rings. The minimum atomic E-state index is -1.09. The van der Waals surface area contributed by atoms with E-state index in [1.54, 1.807) is 24.3 Å². The molecule has 0 aliphatic heterocycles. The van der Waals surface area contributed by atoms with Crippen LogP contribution in [0.2, 0.25) is 0 Å². The fourth-order valence-corrected chi connectivity index (χ4v) is 1.52. The molecule has 0 radical (unpaired) electrons. The lowest BCUT2D eigenvalue weighted by atomic mass is 10.1. The van der Waals surface area contributed by atoms with E-state index in [1.165, 1.54) is 13.8 Å². The van der Waals surface area contributed by atoms with E-state index in [0.717, 1.165) is 0 Å². The molecule has 21 heavy (non-hydrogen) atoms. The highest BCUT2D eigenvalue weighted by atomic mass is 16.6. The smallest absolute Gasteiger partial charge is 0.303 e. The Bertz CT molecular complexity index is 537. The van der Waals surface area contributed by atoms with Gasteiger partial charge in [0.25, 0.3) is 0 Å². The zero-order chi connectivity index (χ0) is 16.0. The summed E-state index contributed by atoms with van der Waals surface area (Å²) in [5.41, 5.74) is 0.00531. The van der Waals surface area contributed by atoms with Crippen LogP contribution in [0, 0.1) is 10.1 Å². The van der Waals surface area contributed by atoms with Crippen LogP contribution in [0.25, 0.3) is 0 Å². The van der Waals surface area contributed by atoms with Crippen molar-refractivity contribution in [3.63, 3.8) is 0 Å². The van der Waals surface area contributed by atoms with Crippen LogP contribution in [0.1, 0.15) is 37.0 Å². The van der Waals surface area contributed by atoms with E-state index >= 15 is 0 Å². The predicted octanol–water partition coefficient (Wildman–Crippen LogP) is 2.20. The van der Waals surface area contributed by atoms with Gasteiger partial charge in [-0.15, -0.1) is 0 Å². The standard InChI is InChI=1S/C14H18N2O5/c1-14(2,16(20)21)9-15-11-5-3-10(4-6-11)12(17)7-8-13(18)19/h3-6,15H,7-9H2,1-2H3,(H,18,19). The molecular weight excluding hydrogens is 276 g/mol. The first-order valence-electron chi connectivity index (χ1n) is 6.46. The van der Waals surface area contributed by atoms with Crippen molar-refractivity contribution >= 4 is 17.4 Å². The van der Waals surface area contributed by atoms with E-state index in [2.05, 4.69) is 5.32 Å². The highest BCUT2D eigenvalue weighted by Gasteiger charge is 2.30. The normalized spacial score (nSPS) is 11.0. The van der Waals surface area contributed by atoms with Crippen LogP contribution in [-0.4, -0.2) is 33.9 Å². The molecule has 0 fully saturated rings. The number of ketones is 1. The Kier molecular flexibility index (Phi) is 5.40. The number of hydrogen-bond donors (Lipinski definition) is 2. The molecule has 114 valence electrons. The third-order valence-corrected chi connectivity index (χ3v) is 2.99. The molecule has 1 aromatic carbocycles. The van der Waals surface area contributed by atoms with Crippen molar-refractivity contribution in [3.8, 4) is 0 Å². The number of aliphatic carboxylic acids is 1. The highest BCUT2D eigenvalue weighted by Crippen LogP contribution is 2.14. The molecule has 0 aliphatic rings. The predicted molar refractivity (Wildman–Crippen MR) is 77.2 cm³/mol. The zero-order valence-electron chi connectivity index (χ0n) is 12.0. The lowest BCUT2D eigenvalue weighted by Gasteiger charge is -2.17. The van der Waals surface area contributed by atoms with Gasteiger partial charge in [0.15, 0.2) is 5.78 Å². The number of carbonyl (C=O) groups excluding carboxylic acids is 1. The first-order chi connectivity index (χ1) is 9.72. The number of nitrogens with zero attached hydrogens (tertiary/aromatic N) is 1. The van der Waals surface area contributed by atoms with Crippen LogP contribution >= 0.6 is 0 Å². The monoisotopic (exact) mass is 294 g/mol. The zero-order valence-corrected chi connectivity index (χ0v) is 12.0. The first kappa shape index (κ1) is 16.6. The minimum Gasteiger partial charge on any atom is -0.481 e. The number of hydrogen-bond acceptors (Lipinski definition) is 5. The molecule has 0 saturated carbocycles. The van der Waals surface area contributed by atoms with E-state index in [9.17, 15) is 19.7 Å². The van der Waals surface area contributed by atoms with E-state index in [4.69, 9.17) is 5.11 Å². The van der Waals surface area contributed by atoms with Crippen LogP contribution in [0.5, 0.6) is 0 Å². The van der Waals surface area contributed by atoms with E-state index in [1.807, 2.05) is 0 Å². The Hall–Kier alpha value is -2.44. The number of carbonyl (C=O) groups is 2. The van der Waals surface area contributed by atoms with Gasteiger partial charge in [0.1, 0.15) is 0 Å². The van der Waals surface area contributed by atoms with Crippen molar-refractivity contribution in [2.45, 2.75) is 32.2 Å². The van der Waals surface area contributed by atoms with Gasteiger partial charge in [0.2, 0.25) is 5.54 Å². The van der Waals surface area contributed by atoms with Crippen LogP contribution in [0.3, 0.4) is 0 Å². The summed E-state index contributed by atoms with van der Waals surface area (Å²) in [7, 11) is 0. The van der Waals surface area contributed by atoms with Crippen molar-refractivity contribution in [2.24, 2.45) is 0 Å². The largest absolute Gasteiger partial charge is 0.481 e. The van der Waals surface area contributed by atoms with Crippen molar-refractivity contribution < 1.29 is 19.6 Å². The molecule has 0 atom stereocenters. The Morgan fingerprint density at radius 1 is 1.24 bits per heavy atom. The van der Waals surface area contributed by atoms with Crippen molar-refractivity contribution in [3.05, 3.63) is 39.9 Å². The highest BCUT2D eigenvalue weighted by molar-refractivity contribution is 5.97. The van der Waals surface area contributed by atoms with Crippen LogP contribution in [-0.2, 0) is 4.79 Å². The number of carboxylic acids is 1. The van der Waals surface area contributed by atoms with Gasteiger partial charge in [-0.2, -0.15) is 0 Å². The van der Waals surface area contributed by atoms with Crippen molar-refractivity contribution in [2.75, 3.05) is 11.9 Å². The summed E-state index contributed by atoms with van der Waals surface area (Å²) in [5, 5.41) is 22.2. The molecule has 0 spiro atoms. The minimum absolute atomic E-state index is 0.0452. The van der Waals surface area contributed by atoms with E-state index in [0.29, 0.717) is 11.3 Å². The van der Waals surface area contributed by atoms with Gasteiger partial charge in [-0.05, 0) is 24.3 Å². The lowest BCUT2D eigenvalue weighted by molar-refractivity contribution is -0.556. The number of benzene rings is 1. The van der Waals surface area contributed by atoms with Gasteiger partial charge in [-0.1, -0.05) is 0 Å². The number of nitro groups is 1. The molecule has 0 aromatic heterocycles. The molecule has 0 amide bonds. The Balaban J connectivity index is 2.60. The van der Waals surface area contributed by atoms with Crippen LogP contribution in [0.4, 0.5) is 5.69 Å². The molecule has 2 N–H and O–H groups in total. The number of anilines is 1. The summed E-state index contributed by atoms with van der Waals surface area (Å²) in [6.07, 6.45) is -0.244. The molecule has 0 saturated heterocycles. The van der Waals surface area contributed by atoms with Gasteiger partial charge >= 0.3 is 5.97 Å². The second kappa shape index (κ2) is 6.83. The van der Waals surface area contributed by atoms with Gasteiger partial charge in [0, 0.05) is 36.4 Å². The maximum atomic E-state index is 11.7. The maximum absolute atomic E-state index is 11.7. The Labute approximate surface area is 122 Å². The lowest BCUT2D eigenvalue weighted by Crippen LogP contribution is -2.38.